The number of rotatable bonds is 4. The van der Waals surface area contributed by atoms with Crippen LogP contribution in [0.5, 0.6) is 17.2 Å². The van der Waals surface area contributed by atoms with Gasteiger partial charge in [-0.25, -0.2) is 4.79 Å². The summed E-state index contributed by atoms with van der Waals surface area (Å²) >= 11 is 0. The average molecular weight is 382 g/mol. The first-order chi connectivity index (χ1) is 14.1. The van der Waals surface area contributed by atoms with Crippen molar-refractivity contribution in [3.8, 4) is 17.2 Å². The van der Waals surface area contributed by atoms with E-state index < -0.39 is 5.97 Å². The van der Waals surface area contributed by atoms with Gasteiger partial charge in [0.2, 0.25) is 0 Å². The molecule has 0 aromatic heterocycles. The van der Waals surface area contributed by atoms with Crippen LogP contribution in [0.3, 0.4) is 0 Å². The van der Waals surface area contributed by atoms with Crippen molar-refractivity contribution in [2.75, 3.05) is 0 Å². The molecule has 2 atom stereocenters. The first-order valence-corrected chi connectivity index (χ1v) is 9.92. The summed E-state index contributed by atoms with van der Waals surface area (Å²) in [6.45, 7) is 7.79. The van der Waals surface area contributed by atoms with E-state index in [9.17, 15) is 4.79 Å². The molecule has 3 nitrogen and oxygen atoms in total. The van der Waals surface area contributed by atoms with Crippen molar-refractivity contribution in [1.29, 1.82) is 0 Å². The average Bonchev–Trinajstić information content (AvgIpc) is 3.28. The van der Waals surface area contributed by atoms with Gasteiger partial charge in [-0.1, -0.05) is 54.1 Å². The maximum Gasteiger partial charge on any atom is 0.335 e. The van der Waals surface area contributed by atoms with Gasteiger partial charge in [0, 0.05) is 39.8 Å². The predicted molar refractivity (Wildman–Crippen MR) is 115 cm³/mol. The first-order valence-electron chi connectivity index (χ1n) is 9.92. The molecule has 2 aliphatic carbocycles. The van der Waals surface area contributed by atoms with E-state index in [0.29, 0.717) is 5.75 Å². The van der Waals surface area contributed by atoms with Gasteiger partial charge in [-0.05, 0) is 38.5 Å². The zero-order valence-corrected chi connectivity index (χ0v) is 16.6. The molecule has 0 fully saturated rings. The molecule has 144 valence electrons. The fourth-order valence-corrected chi connectivity index (χ4v) is 4.75. The van der Waals surface area contributed by atoms with Crippen molar-refractivity contribution >= 4 is 16.7 Å². The van der Waals surface area contributed by atoms with E-state index in [2.05, 4.69) is 32.6 Å². The van der Waals surface area contributed by atoms with Gasteiger partial charge in [-0.3, -0.25) is 0 Å². The van der Waals surface area contributed by atoms with Crippen LogP contribution in [-0.2, 0) is 4.79 Å². The molecule has 29 heavy (non-hydrogen) atoms. The molecule has 0 saturated heterocycles. The number of esters is 1. The zero-order chi connectivity index (χ0) is 20.1. The number of fused-ring (bicyclic) bond motifs is 6. The second-order valence-corrected chi connectivity index (χ2v) is 7.88. The van der Waals surface area contributed by atoms with Crippen molar-refractivity contribution in [2.45, 2.75) is 32.1 Å². The molecule has 2 bridgehead atoms. The highest BCUT2D eigenvalue weighted by Crippen LogP contribution is 2.61. The highest BCUT2D eigenvalue weighted by atomic mass is 16.5. The summed E-state index contributed by atoms with van der Waals surface area (Å²) in [6, 6.07) is 16.0. The van der Waals surface area contributed by atoms with Gasteiger partial charge in [-0.2, -0.15) is 0 Å². The summed E-state index contributed by atoms with van der Waals surface area (Å²) in [5, 5.41) is 1.87. The number of benzene rings is 3. The number of para-hydroxylation sites is 1. The van der Waals surface area contributed by atoms with Gasteiger partial charge in [0.15, 0.2) is 0 Å². The Morgan fingerprint density at radius 1 is 1.03 bits per heavy atom. The topological polar surface area (TPSA) is 35.5 Å². The number of allylic oxidation sites excluding steroid dienone is 2. The summed E-state index contributed by atoms with van der Waals surface area (Å²) in [7, 11) is 0. The molecule has 0 spiro atoms. The minimum Gasteiger partial charge on any atom is -0.456 e. The molecule has 2 aliphatic rings. The molecule has 0 amide bonds. The summed E-state index contributed by atoms with van der Waals surface area (Å²) in [4.78, 5) is 12.2. The van der Waals surface area contributed by atoms with Crippen LogP contribution in [0.2, 0.25) is 0 Å². The fraction of sp³-hybridized carbons (Fsp3) is 0.192. The molecule has 0 saturated carbocycles. The molecule has 0 N–H and O–H groups in total. The number of hydrogen-bond donors (Lipinski definition) is 0. The van der Waals surface area contributed by atoms with Crippen LogP contribution in [0.25, 0.3) is 10.8 Å². The first kappa shape index (κ1) is 17.7. The third kappa shape index (κ3) is 2.77. The van der Waals surface area contributed by atoms with Crippen LogP contribution in [0, 0.1) is 6.92 Å². The smallest absolute Gasteiger partial charge is 0.335 e. The number of carbonyl (C=O) groups excluding carboxylic acids is 1. The van der Waals surface area contributed by atoms with Crippen molar-refractivity contribution in [1.82, 2.24) is 0 Å². The number of aryl methyl sites for hydroxylation is 1. The van der Waals surface area contributed by atoms with Gasteiger partial charge >= 0.3 is 5.97 Å². The van der Waals surface area contributed by atoms with Crippen molar-refractivity contribution < 1.29 is 14.3 Å². The highest BCUT2D eigenvalue weighted by molar-refractivity contribution is 6.00. The SMILES string of the molecule is C=CC(=O)Oc1c2c(c(Oc3ccccc3)c3cc(C)ccc13)C1C=C(C)C2C1. The van der Waals surface area contributed by atoms with E-state index in [1.54, 1.807) is 0 Å². The van der Waals surface area contributed by atoms with Gasteiger partial charge < -0.3 is 9.47 Å². The van der Waals surface area contributed by atoms with E-state index in [4.69, 9.17) is 9.47 Å². The van der Waals surface area contributed by atoms with Gasteiger partial charge in [0.1, 0.15) is 17.2 Å². The van der Waals surface area contributed by atoms with Gasteiger partial charge in [0.25, 0.3) is 0 Å². The van der Waals surface area contributed by atoms with Crippen molar-refractivity contribution in [2.24, 2.45) is 0 Å². The minimum atomic E-state index is -0.435. The Morgan fingerprint density at radius 3 is 2.59 bits per heavy atom. The van der Waals surface area contributed by atoms with Crippen LogP contribution >= 0.6 is 0 Å². The van der Waals surface area contributed by atoms with Gasteiger partial charge in [0.05, 0.1) is 0 Å². The standard InChI is InChI=1S/C26H22O3/c1-4-22(27)29-25-19-11-10-15(2)12-21(19)26(28-18-8-6-5-7-9-18)23-17-13-16(3)20(14-17)24(23)25/h4-13,17,20H,1,14H2,2-3H3. The quantitative estimate of drug-likeness (QED) is 0.222. The maximum absolute atomic E-state index is 12.2. The summed E-state index contributed by atoms with van der Waals surface area (Å²) < 4.78 is 12.3. The Balaban J connectivity index is 1.82. The van der Waals surface area contributed by atoms with E-state index in [1.807, 2.05) is 42.5 Å². The van der Waals surface area contributed by atoms with Crippen molar-refractivity contribution in [3.63, 3.8) is 0 Å². The van der Waals surface area contributed by atoms with Crippen LogP contribution in [0.15, 0.2) is 72.8 Å². The van der Waals surface area contributed by atoms with Crippen LogP contribution in [0.1, 0.15) is 41.9 Å². The molecule has 3 aromatic carbocycles. The molecular formula is C26H22O3. The van der Waals surface area contributed by atoms with Crippen LogP contribution in [0.4, 0.5) is 0 Å². The number of ether oxygens (including phenoxy) is 2. The van der Waals surface area contributed by atoms with Crippen LogP contribution < -0.4 is 9.47 Å². The monoisotopic (exact) mass is 382 g/mol. The van der Waals surface area contributed by atoms with E-state index in [-0.39, 0.29) is 11.8 Å². The Hall–Kier alpha value is -3.33. The lowest BCUT2D eigenvalue weighted by Crippen LogP contribution is -2.10. The Bertz CT molecular complexity index is 1190. The lowest BCUT2D eigenvalue weighted by molar-refractivity contribution is -0.128. The molecule has 2 unspecified atom stereocenters. The van der Waals surface area contributed by atoms with E-state index >= 15 is 0 Å². The third-order valence-corrected chi connectivity index (χ3v) is 6.00. The summed E-state index contributed by atoms with van der Waals surface area (Å²) in [5.41, 5.74) is 4.70. The van der Waals surface area contributed by atoms with E-state index in [0.717, 1.165) is 45.4 Å². The normalized spacial score (nSPS) is 19.0. The summed E-state index contributed by atoms with van der Waals surface area (Å²) in [5.74, 6) is 2.43. The Kier molecular flexibility index (Phi) is 4.06. The number of hydrogen-bond acceptors (Lipinski definition) is 3. The lowest BCUT2D eigenvalue weighted by Gasteiger charge is -2.24. The number of carbonyl (C=O) groups is 1. The Labute approximate surface area is 170 Å². The van der Waals surface area contributed by atoms with Gasteiger partial charge in [-0.15, -0.1) is 0 Å². The third-order valence-electron chi connectivity index (χ3n) is 6.00. The molecule has 3 heteroatoms. The fourth-order valence-electron chi connectivity index (χ4n) is 4.75. The predicted octanol–water partition coefficient (Wildman–Crippen LogP) is 6.56. The zero-order valence-electron chi connectivity index (χ0n) is 16.6. The molecule has 0 radical (unpaired) electrons. The molecule has 5 rings (SSSR count). The highest BCUT2D eigenvalue weighted by Gasteiger charge is 2.42. The second-order valence-electron chi connectivity index (χ2n) is 7.88. The second kappa shape index (κ2) is 6.63. The molecule has 3 aromatic rings. The molecular weight excluding hydrogens is 360 g/mol. The summed E-state index contributed by atoms with van der Waals surface area (Å²) in [6.07, 6.45) is 4.54. The van der Waals surface area contributed by atoms with E-state index in [1.165, 1.54) is 11.6 Å². The molecule has 0 aliphatic heterocycles. The largest absolute Gasteiger partial charge is 0.456 e. The Morgan fingerprint density at radius 2 is 1.83 bits per heavy atom. The maximum atomic E-state index is 12.2. The molecule has 0 heterocycles. The van der Waals surface area contributed by atoms with Crippen LogP contribution in [-0.4, -0.2) is 5.97 Å². The lowest BCUT2D eigenvalue weighted by atomic mass is 9.87. The van der Waals surface area contributed by atoms with Crippen molar-refractivity contribution in [3.05, 3.63) is 89.5 Å². The minimum absolute atomic E-state index is 0.256.